The van der Waals surface area contributed by atoms with Crippen LogP contribution in [0, 0.1) is 11.3 Å². The molecular weight excluding hydrogens is 242 g/mol. The fourth-order valence-electron chi connectivity index (χ4n) is 1.62. The molecule has 5 heteroatoms. The number of nitrogens with zero attached hydrogens (tertiary/aromatic N) is 2. The monoisotopic (exact) mass is 255 g/mol. The van der Waals surface area contributed by atoms with Crippen LogP contribution in [0.1, 0.15) is 11.1 Å². The molecule has 96 valence electrons. The van der Waals surface area contributed by atoms with E-state index in [2.05, 4.69) is 4.98 Å². The molecular formula is C14H13N3O2. The molecule has 1 aromatic carbocycles. The first kappa shape index (κ1) is 12.7. The zero-order chi connectivity index (χ0) is 13.7. The highest BCUT2D eigenvalue weighted by Crippen LogP contribution is 2.24. The number of nitrogens with two attached hydrogens (primary N) is 1. The fraction of sp³-hybridized carbons (Fsp3) is 0.143. The average Bonchev–Trinajstić information content (AvgIpc) is 2.46. The van der Waals surface area contributed by atoms with Crippen LogP contribution < -0.4 is 15.2 Å². The van der Waals surface area contributed by atoms with E-state index >= 15 is 0 Å². The minimum absolute atomic E-state index is 0.299. The van der Waals surface area contributed by atoms with Crippen LogP contribution in [0.4, 0.5) is 5.69 Å². The number of methoxy groups -OCH3 is 1. The summed E-state index contributed by atoms with van der Waals surface area (Å²) in [6.45, 7) is 0.299. The third kappa shape index (κ3) is 2.93. The van der Waals surface area contributed by atoms with E-state index in [-0.39, 0.29) is 0 Å². The second kappa shape index (κ2) is 5.74. The molecule has 0 aliphatic carbocycles. The zero-order valence-electron chi connectivity index (χ0n) is 10.5. The molecule has 0 saturated carbocycles. The number of nitrogen functional groups attached to an aromatic ring is 1. The van der Waals surface area contributed by atoms with Crippen molar-refractivity contribution >= 4 is 5.69 Å². The maximum absolute atomic E-state index is 8.76. The van der Waals surface area contributed by atoms with E-state index in [1.54, 1.807) is 31.5 Å². The smallest absolute Gasteiger partial charge is 0.219 e. The second-order valence-corrected chi connectivity index (χ2v) is 3.82. The Bertz CT molecular complexity index is 620. The van der Waals surface area contributed by atoms with Gasteiger partial charge in [-0.3, -0.25) is 0 Å². The molecule has 19 heavy (non-hydrogen) atoms. The molecule has 2 rings (SSSR count). The van der Waals surface area contributed by atoms with Gasteiger partial charge in [0.2, 0.25) is 5.88 Å². The van der Waals surface area contributed by atoms with Crippen LogP contribution >= 0.6 is 0 Å². The van der Waals surface area contributed by atoms with Crippen molar-refractivity contribution in [3.8, 4) is 17.7 Å². The summed E-state index contributed by atoms with van der Waals surface area (Å²) >= 11 is 0. The van der Waals surface area contributed by atoms with E-state index in [0.29, 0.717) is 29.5 Å². The van der Waals surface area contributed by atoms with E-state index < -0.39 is 0 Å². The Morgan fingerprint density at radius 2 is 2.21 bits per heavy atom. The number of benzene rings is 1. The van der Waals surface area contributed by atoms with Crippen molar-refractivity contribution in [1.29, 1.82) is 5.26 Å². The number of nitriles is 1. The second-order valence-electron chi connectivity index (χ2n) is 3.82. The lowest BCUT2D eigenvalue weighted by molar-refractivity contribution is 0.295. The number of hydrogen-bond donors (Lipinski definition) is 1. The zero-order valence-corrected chi connectivity index (χ0v) is 10.5. The Labute approximate surface area is 111 Å². The number of pyridine rings is 1. The fourth-order valence-corrected chi connectivity index (χ4v) is 1.62. The van der Waals surface area contributed by atoms with Crippen LogP contribution in [0.5, 0.6) is 11.6 Å². The molecule has 0 atom stereocenters. The molecule has 0 spiro atoms. The molecule has 2 aromatic rings. The topological polar surface area (TPSA) is 81.2 Å². The van der Waals surface area contributed by atoms with Gasteiger partial charge in [0.05, 0.1) is 30.0 Å². The Morgan fingerprint density at radius 1 is 1.37 bits per heavy atom. The third-order valence-corrected chi connectivity index (χ3v) is 2.57. The van der Waals surface area contributed by atoms with Gasteiger partial charge in [-0.05, 0) is 30.3 Å². The van der Waals surface area contributed by atoms with Gasteiger partial charge in [-0.1, -0.05) is 0 Å². The van der Waals surface area contributed by atoms with Crippen molar-refractivity contribution in [2.75, 3.05) is 12.8 Å². The lowest BCUT2D eigenvalue weighted by Crippen LogP contribution is -2.02. The van der Waals surface area contributed by atoms with E-state index in [9.17, 15) is 0 Å². The molecule has 0 bridgehead atoms. The van der Waals surface area contributed by atoms with Crippen LogP contribution in [0.25, 0.3) is 0 Å². The largest absolute Gasteiger partial charge is 0.487 e. The molecule has 1 heterocycles. The van der Waals surface area contributed by atoms with Gasteiger partial charge in [0, 0.05) is 6.20 Å². The van der Waals surface area contributed by atoms with Gasteiger partial charge in [0.1, 0.15) is 12.4 Å². The van der Waals surface area contributed by atoms with Crippen LogP contribution in [0.2, 0.25) is 0 Å². The molecule has 5 nitrogen and oxygen atoms in total. The molecule has 0 saturated heterocycles. The molecule has 0 amide bonds. The summed E-state index contributed by atoms with van der Waals surface area (Å²) in [5.41, 5.74) is 7.57. The van der Waals surface area contributed by atoms with E-state index in [1.165, 1.54) is 0 Å². The third-order valence-electron chi connectivity index (χ3n) is 2.57. The number of anilines is 1. The average molecular weight is 255 g/mol. The Hall–Kier alpha value is -2.74. The number of aromatic nitrogens is 1. The maximum Gasteiger partial charge on any atom is 0.219 e. The Morgan fingerprint density at radius 3 is 2.89 bits per heavy atom. The van der Waals surface area contributed by atoms with E-state index in [4.69, 9.17) is 20.5 Å². The summed E-state index contributed by atoms with van der Waals surface area (Å²) in [6.07, 6.45) is 1.65. The highest BCUT2D eigenvalue weighted by Gasteiger charge is 2.06. The van der Waals surface area contributed by atoms with Crippen molar-refractivity contribution in [2.24, 2.45) is 0 Å². The van der Waals surface area contributed by atoms with Gasteiger partial charge in [0.25, 0.3) is 0 Å². The lowest BCUT2D eigenvalue weighted by atomic mass is 10.2. The quantitative estimate of drug-likeness (QED) is 0.846. The lowest BCUT2D eigenvalue weighted by Gasteiger charge is -2.10. The van der Waals surface area contributed by atoms with E-state index in [1.807, 2.05) is 18.2 Å². The minimum atomic E-state index is 0.299. The van der Waals surface area contributed by atoms with Crippen LogP contribution in [-0.2, 0) is 6.61 Å². The molecule has 2 N–H and O–H groups in total. The first-order valence-electron chi connectivity index (χ1n) is 5.65. The SMILES string of the molecule is COc1ncccc1COc1ccc(C#N)cc1N. The normalized spacial score (nSPS) is 9.68. The van der Waals surface area contributed by atoms with Crippen LogP contribution in [0.3, 0.4) is 0 Å². The van der Waals surface area contributed by atoms with Crippen molar-refractivity contribution in [1.82, 2.24) is 4.98 Å². The highest BCUT2D eigenvalue weighted by atomic mass is 16.5. The van der Waals surface area contributed by atoms with Gasteiger partial charge in [-0.15, -0.1) is 0 Å². The van der Waals surface area contributed by atoms with Gasteiger partial charge in [0.15, 0.2) is 0 Å². The van der Waals surface area contributed by atoms with Gasteiger partial charge in [-0.25, -0.2) is 4.98 Å². The van der Waals surface area contributed by atoms with Crippen molar-refractivity contribution in [3.05, 3.63) is 47.7 Å². The molecule has 0 fully saturated rings. The molecule has 0 unspecified atom stereocenters. The van der Waals surface area contributed by atoms with E-state index in [0.717, 1.165) is 5.56 Å². The maximum atomic E-state index is 8.76. The minimum Gasteiger partial charge on any atom is -0.487 e. The Balaban J connectivity index is 2.13. The summed E-state index contributed by atoms with van der Waals surface area (Å²) < 4.78 is 10.7. The van der Waals surface area contributed by atoms with Gasteiger partial charge < -0.3 is 15.2 Å². The van der Waals surface area contributed by atoms with Gasteiger partial charge >= 0.3 is 0 Å². The molecule has 0 radical (unpaired) electrons. The number of rotatable bonds is 4. The molecule has 1 aromatic heterocycles. The predicted molar refractivity (Wildman–Crippen MR) is 70.7 cm³/mol. The summed E-state index contributed by atoms with van der Waals surface area (Å²) in [4.78, 5) is 4.08. The first-order chi connectivity index (χ1) is 9.24. The summed E-state index contributed by atoms with van der Waals surface area (Å²) in [7, 11) is 1.56. The standard InChI is InChI=1S/C14H13N3O2/c1-18-14-11(3-2-6-17-14)9-19-13-5-4-10(8-15)7-12(13)16/h2-7H,9,16H2,1H3. The summed E-state index contributed by atoms with van der Waals surface area (Å²) in [5.74, 6) is 1.06. The summed E-state index contributed by atoms with van der Waals surface area (Å²) in [6, 6.07) is 10.6. The van der Waals surface area contributed by atoms with Crippen LogP contribution in [-0.4, -0.2) is 12.1 Å². The molecule has 0 aliphatic heterocycles. The van der Waals surface area contributed by atoms with Crippen molar-refractivity contribution in [2.45, 2.75) is 6.61 Å². The highest BCUT2D eigenvalue weighted by molar-refractivity contribution is 5.56. The summed E-state index contributed by atoms with van der Waals surface area (Å²) in [5, 5.41) is 8.76. The number of ether oxygens (including phenoxy) is 2. The van der Waals surface area contributed by atoms with Crippen molar-refractivity contribution < 1.29 is 9.47 Å². The van der Waals surface area contributed by atoms with Crippen molar-refractivity contribution in [3.63, 3.8) is 0 Å². The number of hydrogen-bond acceptors (Lipinski definition) is 5. The van der Waals surface area contributed by atoms with Gasteiger partial charge in [-0.2, -0.15) is 5.26 Å². The predicted octanol–water partition coefficient (Wildman–Crippen LogP) is 2.12. The molecule has 0 aliphatic rings. The first-order valence-corrected chi connectivity index (χ1v) is 5.65. The van der Waals surface area contributed by atoms with Crippen LogP contribution in [0.15, 0.2) is 36.5 Å². The Kier molecular flexibility index (Phi) is 3.84.